The Morgan fingerprint density at radius 3 is 1.66 bits per heavy atom. The zero-order valence-electron chi connectivity index (χ0n) is 45.8. The van der Waals surface area contributed by atoms with Gasteiger partial charge in [-0.2, -0.15) is 0 Å². The van der Waals surface area contributed by atoms with Crippen molar-refractivity contribution in [3.63, 3.8) is 0 Å². The molecule has 2 unspecified atom stereocenters. The third kappa shape index (κ3) is 18.2. The molecule has 436 valence electrons. The van der Waals surface area contributed by atoms with Crippen LogP contribution in [0.4, 0.5) is 0 Å². The van der Waals surface area contributed by atoms with Crippen LogP contribution in [0.2, 0.25) is 10.0 Å². The van der Waals surface area contributed by atoms with Crippen molar-refractivity contribution in [2.24, 2.45) is 5.73 Å². The van der Waals surface area contributed by atoms with Gasteiger partial charge in [0.1, 0.15) is 0 Å². The van der Waals surface area contributed by atoms with E-state index in [9.17, 15) is 24.3 Å². The van der Waals surface area contributed by atoms with Crippen LogP contribution < -0.4 is 27.0 Å². The number of amides is 2. The molecule has 2 heterocycles. The fraction of sp³-hybridized carbons (Fsp3) is 0.265. The smallest absolute Gasteiger partial charge is 0.336 e. The Labute approximate surface area is 499 Å². The van der Waals surface area contributed by atoms with Crippen molar-refractivity contribution in [1.29, 1.82) is 0 Å². The number of esters is 1. The average Bonchev–Trinajstić information content (AvgIpc) is 3.67. The molecule has 8 rings (SSSR count). The molecule has 0 spiro atoms. The van der Waals surface area contributed by atoms with Gasteiger partial charge in [0.25, 0.3) is 0 Å². The summed E-state index contributed by atoms with van der Waals surface area (Å²) in [5.41, 5.74) is 14.9. The van der Waals surface area contributed by atoms with Gasteiger partial charge in [-0.1, -0.05) is 203 Å². The molecule has 2 amide bonds. The summed E-state index contributed by atoms with van der Waals surface area (Å²) in [5.74, 6) is -3.72. The molecule has 83 heavy (non-hydrogen) atoms. The summed E-state index contributed by atoms with van der Waals surface area (Å²) in [6.45, 7) is 5.69. The molecular formula is C68H77Cl2N5O8. The minimum Gasteiger partial charge on any atom is -0.478 e. The van der Waals surface area contributed by atoms with E-state index in [1.165, 1.54) is 18.2 Å². The number of hydrogen-bond donors (Lipinski definition) is 6. The fourth-order valence-electron chi connectivity index (χ4n) is 10.0. The van der Waals surface area contributed by atoms with Gasteiger partial charge in [-0.25, -0.2) is 9.59 Å². The Bertz CT molecular complexity index is 3220. The van der Waals surface area contributed by atoms with Crippen molar-refractivity contribution >= 4 is 53.0 Å². The van der Waals surface area contributed by atoms with Crippen LogP contribution in [-0.4, -0.2) is 82.0 Å². The van der Waals surface area contributed by atoms with Crippen molar-refractivity contribution in [2.45, 2.75) is 65.7 Å². The molecule has 0 aromatic heterocycles. The van der Waals surface area contributed by atoms with Crippen LogP contribution in [0.15, 0.2) is 221 Å². The van der Waals surface area contributed by atoms with Gasteiger partial charge in [0.2, 0.25) is 11.8 Å². The number of nitrogens with two attached hydrogens (primary N) is 1. The number of halogens is 2. The van der Waals surface area contributed by atoms with Crippen molar-refractivity contribution in [3.05, 3.63) is 264 Å². The van der Waals surface area contributed by atoms with E-state index < -0.39 is 23.8 Å². The van der Waals surface area contributed by atoms with Gasteiger partial charge in [-0.3, -0.25) is 9.59 Å². The molecule has 0 saturated carbocycles. The highest BCUT2D eigenvalue weighted by Gasteiger charge is 2.40. The summed E-state index contributed by atoms with van der Waals surface area (Å²) in [6, 6.07) is 54.4. The molecule has 15 heteroatoms. The first kappa shape index (κ1) is 65.8. The minimum absolute atomic E-state index is 0. The molecule has 6 aromatic rings. The maximum Gasteiger partial charge on any atom is 0.336 e. The van der Waals surface area contributed by atoms with Crippen LogP contribution in [0.1, 0.15) is 92.7 Å². The predicted molar refractivity (Wildman–Crippen MR) is 334 cm³/mol. The number of carboxylic acids is 1. The Balaban J connectivity index is 0.000000298. The lowest BCUT2D eigenvalue weighted by Crippen LogP contribution is -2.39. The highest BCUT2D eigenvalue weighted by atomic mass is 35.5. The van der Waals surface area contributed by atoms with Gasteiger partial charge in [0.05, 0.1) is 79.1 Å². The van der Waals surface area contributed by atoms with Crippen LogP contribution >= 0.6 is 23.2 Å². The van der Waals surface area contributed by atoms with E-state index in [1.807, 2.05) is 128 Å². The van der Waals surface area contributed by atoms with Crippen LogP contribution in [0.25, 0.3) is 6.08 Å². The van der Waals surface area contributed by atoms with Gasteiger partial charge in [-0.15, -0.1) is 0 Å². The number of carboxylic acid groups (broad SMARTS) is 1. The number of allylic oxidation sites excluding steroid dienone is 2. The molecule has 2 aliphatic rings. The van der Waals surface area contributed by atoms with Crippen LogP contribution in [0.3, 0.4) is 0 Å². The Hall–Kier alpha value is -8.04. The second-order valence-corrected chi connectivity index (χ2v) is 20.0. The molecule has 7 N–H and O–H groups in total. The lowest BCUT2D eigenvalue weighted by Gasteiger charge is -2.33. The lowest BCUT2D eigenvalue weighted by atomic mass is 9.79. The SMILES string of the molecule is C.C.CC1=C(C(=O)O)C(c2cccc(Cl)c2)C(C(=O)NC/C=C/c2ccccc2)=C(COCCc2ccccc2)N1.CCC1=C(C(=O)OC)C(c2cccc(Cl)c2)C(C(=O)NCCC(c2ccccc2)c2ccccc2)=C(COCCN)N1. The van der Waals surface area contributed by atoms with Crippen molar-refractivity contribution in [1.82, 2.24) is 21.3 Å². The van der Waals surface area contributed by atoms with Crippen LogP contribution in [-0.2, 0) is 39.8 Å². The first-order chi connectivity index (χ1) is 39.4. The summed E-state index contributed by atoms with van der Waals surface area (Å²) in [7, 11) is 1.34. The number of benzene rings is 6. The van der Waals surface area contributed by atoms with E-state index in [0.717, 1.165) is 11.1 Å². The number of carbonyl (C=O) groups is 4. The molecule has 2 atom stereocenters. The maximum atomic E-state index is 14.1. The molecule has 2 aliphatic heterocycles. The Morgan fingerprint density at radius 2 is 1.14 bits per heavy atom. The van der Waals surface area contributed by atoms with Crippen LogP contribution in [0, 0.1) is 0 Å². The number of carbonyl (C=O) groups excluding carboxylic acids is 3. The minimum atomic E-state index is -1.11. The second kappa shape index (κ2) is 33.8. The zero-order valence-corrected chi connectivity index (χ0v) is 47.3. The number of ether oxygens (including phenoxy) is 3. The predicted octanol–water partition coefficient (Wildman–Crippen LogP) is 12.4. The summed E-state index contributed by atoms with van der Waals surface area (Å²) in [4.78, 5) is 53.4. The van der Waals surface area contributed by atoms with E-state index >= 15 is 0 Å². The zero-order chi connectivity index (χ0) is 57.5. The number of rotatable bonds is 24. The second-order valence-electron chi connectivity index (χ2n) is 19.2. The highest BCUT2D eigenvalue weighted by molar-refractivity contribution is 6.31. The Morgan fingerprint density at radius 1 is 0.639 bits per heavy atom. The van der Waals surface area contributed by atoms with Crippen LogP contribution in [0.5, 0.6) is 0 Å². The average molecular weight is 1160 g/mol. The lowest BCUT2D eigenvalue weighted by molar-refractivity contribution is -0.136. The summed E-state index contributed by atoms with van der Waals surface area (Å²) in [6.07, 6.45) is 5.69. The highest BCUT2D eigenvalue weighted by Crippen LogP contribution is 2.42. The standard InChI is InChI=1S/C34H38ClN3O4.C32H31ClN2O4.2CH4/c1-3-28-32(34(40)41-2)30(25-15-10-16-26(35)21-25)31(29(38-28)22-42-20-18-36)33(39)37-19-17-27(23-11-6-4-7-12-23)24-13-8-5-9-14-24;1-22-28(32(37)38)29(25-15-8-16-26(33)20-25)30(31(36)34-18-9-14-23-10-4-2-5-11-23)27(35-22)21-39-19-17-24-12-6-3-7-13-24;;/h4-16,21,27,30,38H,3,17-20,22,36H2,1-2H3,(H,37,39);2-16,20,29,35H,17-19,21H2,1H3,(H,34,36)(H,37,38);2*1H4/b;14-9+;;. The molecule has 13 nitrogen and oxygen atoms in total. The van der Waals surface area contributed by atoms with E-state index in [2.05, 4.69) is 45.5 Å². The van der Waals surface area contributed by atoms with Gasteiger partial charge in [-0.05, 0) is 83.8 Å². The maximum absolute atomic E-state index is 14.1. The van der Waals surface area contributed by atoms with E-state index in [1.54, 1.807) is 43.3 Å². The van der Waals surface area contributed by atoms with Crippen molar-refractivity contribution in [3.8, 4) is 0 Å². The number of hydrogen-bond acceptors (Lipinski definition) is 10. The number of methoxy groups -OCH3 is 1. The van der Waals surface area contributed by atoms with Crippen molar-refractivity contribution in [2.75, 3.05) is 53.2 Å². The summed E-state index contributed by atoms with van der Waals surface area (Å²) >= 11 is 12.7. The molecule has 0 radical (unpaired) electrons. The summed E-state index contributed by atoms with van der Waals surface area (Å²) in [5, 5.41) is 23.7. The van der Waals surface area contributed by atoms with Gasteiger partial charge < -0.3 is 46.3 Å². The van der Waals surface area contributed by atoms with Gasteiger partial charge >= 0.3 is 11.9 Å². The number of nitrogens with one attached hydrogen (secondary N) is 4. The normalized spacial score (nSPS) is 14.8. The summed E-state index contributed by atoms with van der Waals surface area (Å²) < 4.78 is 17.0. The number of dihydropyridines is 2. The first-order valence-electron chi connectivity index (χ1n) is 27.0. The molecule has 0 aliphatic carbocycles. The Kier molecular flexibility index (Phi) is 26.8. The van der Waals surface area contributed by atoms with Crippen molar-refractivity contribution < 1.29 is 38.5 Å². The molecule has 0 fully saturated rings. The third-order valence-electron chi connectivity index (χ3n) is 13.8. The van der Waals surface area contributed by atoms with E-state index in [4.69, 9.17) is 43.1 Å². The molecular weight excluding hydrogens is 1090 g/mol. The van der Waals surface area contributed by atoms with Gasteiger partial charge in [0.15, 0.2) is 0 Å². The molecule has 6 aromatic carbocycles. The topological polar surface area (TPSA) is 190 Å². The van der Waals surface area contributed by atoms with E-state index in [0.29, 0.717) is 106 Å². The monoisotopic (exact) mass is 1160 g/mol. The first-order valence-corrected chi connectivity index (χ1v) is 27.7. The molecule has 0 bridgehead atoms. The quantitative estimate of drug-likeness (QED) is 0.0250. The third-order valence-corrected chi connectivity index (χ3v) is 14.2. The fourth-order valence-corrected chi connectivity index (χ4v) is 10.4. The number of aliphatic carboxylic acids is 1. The molecule has 0 saturated heterocycles. The van der Waals surface area contributed by atoms with E-state index in [-0.39, 0.29) is 57.9 Å². The van der Waals surface area contributed by atoms with Gasteiger partial charge in [0, 0.05) is 47.0 Å². The largest absolute Gasteiger partial charge is 0.478 e.